The molecule has 0 radical (unpaired) electrons. The van der Waals surface area contributed by atoms with Gasteiger partial charge in [-0.2, -0.15) is 9.57 Å². The molecule has 0 bridgehead atoms. The molecular weight excluding hydrogens is 296 g/mol. The van der Waals surface area contributed by atoms with Crippen LogP contribution in [0.2, 0.25) is 0 Å². The Labute approximate surface area is 122 Å². The lowest BCUT2D eigenvalue weighted by atomic mass is 10.3. The number of nitriles is 1. The van der Waals surface area contributed by atoms with Crippen LogP contribution in [0.15, 0.2) is 23.2 Å². The van der Waals surface area contributed by atoms with Crippen LogP contribution in [0.5, 0.6) is 0 Å². The van der Waals surface area contributed by atoms with Crippen LogP contribution in [-0.2, 0) is 14.8 Å². The summed E-state index contributed by atoms with van der Waals surface area (Å²) in [5.74, 6) is -0.928. The van der Waals surface area contributed by atoms with Gasteiger partial charge in [-0.05, 0) is 12.1 Å². The highest BCUT2D eigenvalue weighted by Crippen LogP contribution is 2.16. The highest BCUT2D eigenvalue weighted by atomic mass is 32.2. The van der Waals surface area contributed by atoms with Crippen molar-refractivity contribution in [1.82, 2.24) is 14.2 Å². The first-order chi connectivity index (χ1) is 9.93. The van der Waals surface area contributed by atoms with Gasteiger partial charge in [0.2, 0.25) is 10.0 Å². The zero-order valence-corrected chi connectivity index (χ0v) is 12.0. The molecule has 0 unspecified atom stereocenters. The van der Waals surface area contributed by atoms with Gasteiger partial charge in [-0.15, -0.1) is 0 Å². The second kappa shape index (κ2) is 6.17. The first-order valence-electron chi connectivity index (χ1n) is 6.24. The number of carbonyl (C=O) groups is 1. The molecule has 0 saturated carbocycles. The summed E-state index contributed by atoms with van der Waals surface area (Å²) in [5.41, 5.74) is 0.153. The number of carboxylic acid groups (broad SMARTS) is 1. The fourth-order valence-electron chi connectivity index (χ4n) is 2.07. The van der Waals surface area contributed by atoms with Crippen molar-refractivity contribution < 1.29 is 18.3 Å². The largest absolute Gasteiger partial charge is 0.480 e. The topological polar surface area (TPSA) is 115 Å². The second-order valence-corrected chi connectivity index (χ2v) is 6.50. The number of aromatic nitrogens is 1. The van der Waals surface area contributed by atoms with E-state index < -0.39 is 16.0 Å². The van der Waals surface area contributed by atoms with E-state index in [2.05, 4.69) is 4.98 Å². The van der Waals surface area contributed by atoms with E-state index in [0.717, 1.165) is 6.20 Å². The molecule has 21 heavy (non-hydrogen) atoms. The van der Waals surface area contributed by atoms with Gasteiger partial charge in [0.25, 0.3) is 0 Å². The molecule has 0 amide bonds. The second-order valence-electron chi connectivity index (χ2n) is 4.56. The van der Waals surface area contributed by atoms with E-state index in [1.54, 1.807) is 4.90 Å². The van der Waals surface area contributed by atoms with Gasteiger partial charge in [-0.25, -0.2) is 13.4 Å². The number of rotatable bonds is 4. The number of aliphatic carboxylic acids is 1. The summed E-state index contributed by atoms with van der Waals surface area (Å²) in [5, 5.41) is 17.4. The quantitative estimate of drug-likeness (QED) is 0.785. The summed E-state index contributed by atoms with van der Waals surface area (Å²) in [6.07, 6.45) is 1.16. The fourth-order valence-corrected chi connectivity index (χ4v) is 3.44. The average molecular weight is 310 g/mol. The van der Waals surface area contributed by atoms with Crippen molar-refractivity contribution in [3.05, 3.63) is 24.0 Å². The van der Waals surface area contributed by atoms with Gasteiger partial charge in [0, 0.05) is 32.4 Å². The van der Waals surface area contributed by atoms with E-state index in [-0.39, 0.29) is 30.2 Å². The third-order valence-corrected chi connectivity index (χ3v) is 5.06. The summed E-state index contributed by atoms with van der Waals surface area (Å²) in [4.78, 5) is 16.1. The lowest BCUT2D eigenvalue weighted by Gasteiger charge is -2.32. The van der Waals surface area contributed by atoms with Crippen LogP contribution in [0.1, 0.15) is 5.69 Å². The van der Waals surface area contributed by atoms with E-state index in [1.807, 2.05) is 6.07 Å². The van der Waals surface area contributed by atoms with Crippen molar-refractivity contribution in [3.8, 4) is 6.07 Å². The van der Waals surface area contributed by atoms with Crippen molar-refractivity contribution >= 4 is 16.0 Å². The van der Waals surface area contributed by atoms with Gasteiger partial charge < -0.3 is 5.11 Å². The molecule has 1 N–H and O–H groups in total. The summed E-state index contributed by atoms with van der Waals surface area (Å²) in [7, 11) is -3.65. The third-order valence-electron chi connectivity index (χ3n) is 3.18. The maximum absolute atomic E-state index is 12.4. The minimum absolute atomic E-state index is 0.0354. The molecule has 8 nitrogen and oxygen atoms in total. The highest BCUT2D eigenvalue weighted by Gasteiger charge is 2.29. The third kappa shape index (κ3) is 3.55. The van der Waals surface area contributed by atoms with Crippen LogP contribution in [0.4, 0.5) is 0 Å². The zero-order chi connectivity index (χ0) is 15.5. The van der Waals surface area contributed by atoms with Crippen molar-refractivity contribution in [3.63, 3.8) is 0 Å². The summed E-state index contributed by atoms with van der Waals surface area (Å²) in [6, 6.07) is 4.53. The first kappa shape index (κ1) is 15.4. The highest BCUT2D eigenvalue weighted by molar-refractivity contribution is 7.89. The number of nitrogens with zero attached hydrogens (tertiary/aromatic N) is 4. The minimum Gasteiger partial charge on any atom is -0.480 e. The van der Waals surface area contributed by atoms with Crippen LogP contribution in [0.25, 0.3) is 0 Å². The molecule has 0 spiro atoms. The maximum Gasteiger partial charge on any atom is 0.317 e. The Morgan fingerprint density at radius 3 is 2.48 bits per heavy atom. The Bertz CT molecular complexity index is 657. The molecule has 1 aliphatic heterocycles. The van der Waals surface area contributed by atoms with E-state index in [4.69, 9.17) is 10.4 Å². The van der Waals surface area contributed by atoms with Crippen LogP contribution in [-0.4, -0.2) is 66.4 Å². The SMILES string of the molecule is N#Cc1ccc(S(=O)(=O)N2CCN(CC(=O)O)CC2)cn1. The number of piperazine rings is 1. The molecule has 1 aromatic heterocycles. The van der Waals surface area contributed by atoms with E-state index in [9.17, 15) is 13.2 Å². The summed E-state index contributed by atoms with van der Waals surface area (Å²) >= 11 is 0. The van der Waals surface area contributed by atoms with Crippen LogP contribution < -0.4 is 0 Å². The molecule has 2 rings (SSSR count). The van der Waals surface area contributed by atoms with Crippen molar-refractivity contribution in [1.29, 1.82) is 5.26 Å². The fraction of sp³-hybridized carbons (Fsp3) is 0.417. The molecule has 2 heterocycles. The van der Waals surface area contributed by atoms with Gasteiger partial charge in [0.1, 0.15) is 16.7 Å². The van der Waals surface area contributed by atoms with Crippen LogP contribution >= 0.6 is 0 Å². The summed E-state index contributed by atoms with van der Waals surface area (Å²) < 4.78 is 26.1. The predicted octanol–water partition coefficient (Wildman–Crippen LogP) is -0.656. The Morgan fingerprint density at radius 1 is 1.33 bits per heavy atom. The molecule has 9 heteroatoms. The normalized spacial score (nSPS) is 17.3. The number of carboxylic acids is 1. The lowest BCUT2D eigenvalue weighted by molar-refractivity contribution is -0.138. The van der Waals surface area contributed by atoms with Gasteiger partial charge in [0.05, 0.1) is 6.54 Å². The maximum atomic E-state index is 12.4. The molecule has 0 aliphatic carbocycles. The smallest absolute Gasteiger partial charge is 0.317 e. The lowest BCUT2D eigenvalue weighted by Crippen LogP contribution is -2.49. The van der Waals surface area contributed by atoms with Crippen molar-refractivity contribution in [2.75, 3.05) is 32.7 Å². The van der Waals surface area contributed by atoms with Crippen LogP contribution in [0, 0.1) is 11.3 Å². The Balaban J connectivity index is 2.07. The number of hydrogen-bond donors (Lipinski definition) is 1. The van der Waals surface area contributed by atoms with Gasteiger partial charge in [-0.1, -0.05) is 0 Å². The van der Waals surface area contributed by atoms with Crippen LogP contribution in [0.3, 0.4) is 0 Å². The molecule has 112 valence electrons. The van der Waals surface area contributed by atoms with Gasteiger partial charge in [0.15, 0.2) is 0 Å². The van der Waals surface area contributed by atoms with Gasteiger partial charge >= 0.3 is 5.97 Å². The van der Waals surface area contributed by atoms with E-state index in [0.29, 0.717) is 13.1 Å². The standard InChI is InChI=1S/C12H14N4O4S/c13-7-10-1-2-11(8-14-10)21(19,20)16-5-3-15(4-6-16)9-12(17)18/h1-2,8H,3-6,9H2,(H,17,18). The Kier molecular flexibility index (Phi) is 4.52. The monoisotopic (exact) mass is 310 g/mol. The molecule has 0 atom stereocenters. The number of sulfonamides is 1. The summed E-state index contributed by atoms with van der Waals surface area (Å²) in [6.45, 7) is 1.11. The molecule has 1 fully saturated rings. The van der Waals surface area contributed by atoms with Crippen molar-refractivity contribution in [2.24, 2.45) is 0 Å². The van der Waals surface area contributed by atoms with E-state index >= 15 is 0 Å². The molecule has 1 aromatic rings. The predicted molar refractivity (Wildman–Crippen MR) is 71.8 cm³/mol. The Hall–Kier alpha value is -2.02. The minimum atomic E-state index is -3.65. The van der Waals surface area contributed by atoms with Crippen molar-refractivity contribution in [2.45, 2.75) is 4.90 Å². The number of pyridine rings is 1. The molecule has 1 aliphatic rings. The number of hydrogen-bond acceptors (Lipinski definition) is 6. The molecular formula is C12H14N4O4S. The molecule has 0 aromatic carbocycles. The van der Waals surface area contributed by atoms with E-state index in [1.165, 1.54) is 16.4 Å². The first-order valence-corrected chi connectivity index (χ1v) is 7.68. The molecule has 1 saturated heterocycles. The van der Waals surface area contributed by atoms with Gasteiger partial charge in [-0.3, -0.25) is 9.69 Å². The Morgan fingerprint density at radius 2 is 2.00 bits per heavy atom. The zero-order valence-electron chi connectivity index (χ0n) is 11.1. The average Bonchev–Trinajstić information content (AvgIpc) is 2.47.